The Kier molecular flexibility index (Phi) is 3.97. The first-order valence-corrected chi connectivity index (χ1v) is 6.28. The lowest BCUT2D eigenvalue weighted by atomic mass is 10.1. The highest BCUT2D eigenvalue weighted by Crippen LogP contribution is 2.28. The largest absolute Gasteiger partial charge is 0.365 e. The number of anilines is 1. The van der Waals surface area contributed by atoms with E-state index in [1.807, 2.05) is 14.1 Å². The van der Waals surface area contributed by atoms with Gasteiger partial charge in [-0.05, 0) is 45.1 Å². The molecule has 0 saturated carbocycles. The van der Waals surface area contributed by atoms with Gasteiger partial charge in [0.15, 0.2) is 0 Å². The number of rotatable bonds is 4. The Morgan fingerprint density at radius 3 is 2.89 bits per heavy atom. The first-order chi connectivity index (χ1) is 8.61. The molecular formula is C14H19FN2O. The quantitative estimate of drug-likeness (QED) is 0.765. The fraction of sp³-hybridized carbons (Fsp3) is 0.500. The molecule has 18 heavy (non-hydrogen) atoms. The zero-order valence-electron chi connectivity index (χ0n) is 10.9. The van der Waals surface area contributed by atoms with Crippen molar-refractivity contribution in [1.82, 2.24) is 4.90 Å². The summed E-state index contributed by atoms with van der Waals surface area (Å²) in [6.45, 7) is 1.81. The summed E-state index contributed by atoms with van der Waals surface area (Å²) in [6, 6.07) is 5.06. The summed E-state index contributed by atoms with van der Waals surface area (Å²) in [4.78, 5) is 14.9. The van der Waals surface area contributed by atoms with Gasteiger partial charge in [-0.1, -0.05) is 0 Å². The lowest BCUT2D eigenvalue weighted by Crippen LogP contribution is -2.38. The summed E-state index contributed by atoms with van der Waals surface area (Å²) < 4.78 is 14.0. The predicted molar refractivity (Wildman–Crippen MR) is 70.7 cm³/mol. The smallest absolute Gasteiger partial charge is 0.150 e. The van der Waals surface area contributed by atoms with E-state index in [4.69, 9.17) is 0 Å². The van der Waals surface area contributed by atoms with Gasteiger partial charge in [-0.2, -0.15) is 0 Å². The van der Waals surface area contributed by atoms with Crippen molar-refractivity contribution in [3.63, 3.8) is 0 Å². The van der Waals surface area contributed by atoms with Crippen LogP contribution in [0.1, 0.15) is 23.2 Å². The number of hydrogen-bond donors (Lipinski definition) is 0. The molecule has 1 aromatic rings. The average Bonchev–Trinajstić information content (AvgIpc) is 2.76. The number of likely N-dealkylation sites (N-methyl/N-ethyl adjacent to an activating group) is 1. The minimum atomic E-state index is -0.301. The standard InChI is InChI=1S/C14H19FN2O/c1-16(2)9-12-4-3-7-17(12)14-6-5-11(10-18)8-13(14)15/h5-6,8,10,12H,3-4,7,9H2,1-2H3. The van der Waals surface area contributed by atoms with Crippen molar-refractivity contribution in [3.8, 4) is 0 Å². The molecule has 0 bridgehead atoms. The van der Waals surface area contributed by atoms with Crippen molar-refractivity contribution in [2.45, 2.75) is 18.9 Å². The Morgan fingerprint density at radius 1 is 1.50 bits per heavy atom. The van der Waals surface area contributed by atoms with Crippen molar-refractivity contribution in [2.75, 3.05) is 32.1 Å². The Morgan fingerprint density at radius 2 is 2.28 bits per heavy atom. The van der Waals surface area contributed by atoms with Crippen molar-refractivity contribution in [1.29, 1.82) is 0 Å². The summed E-state index contributed by atoms with van der Waals surface area (Å²) in [7, 11) is 4.06. The molecule has 0 aromatic heterocycles. The number of halogens is 1. The van der Waals surface area contributed by atoms with Gasteiger partial charge in [0, 0.05) is 24.7 Å². The molecule has 98 valence electrons. The molecule has 1 unspecified atom stereocenters. The number of aldehydes is 1. The number of hydrogen-bond acceptors (Lipinski definition) is 3. The van der Waals surface area contributed by atoms with E-state index in [2.05, 4.69) is 9.80 Å². The minimum absolute atomic E-state index is 0.301. The molecule has 1 aromatic carbocycles. The van der Waals surface area contributed by atoms with E-state index in [9.17, 15) is 9.18 Å². The molecular weight excluding hydrogens is 231 g/mol. The molecule has 1 fully saturated rings. The van der Waals surface area contributed by atoms with Gasteiger partial charge in [0.25, 0.3) is 0 Å². The zero-order chi connectivity index (χ0) is 13.1. The number of benzene rings is 1. The van der Waals surface area contributed by atoms with Crippen LogP contribution in [0.2, 0.25) is 0 Å². The molecule has 0 radical (unpaired) electrons. The van der Waals surface area contributed by atoms with Crippen LogP contribution in [0.4, 0.5) is 10.1 Å². The molecule has 0 N–H and O–H groups in total. The van der Waals surface area contributed by atoms with E-state index in [-0.39, 0.29) is 5.82 Å². The van der Waals surface area contributed by atoms with Crippen molar-refractivity contribution in [2.24, 2.45) is 0 Å². The summed E-state index contributed by atoms with van der Waals surface area (Å²) in [6.07, 6.45) is 2.86. The van der Waals surface area contributed by atoms with Gasteiger partial charge in [0.1, 0.15) is 12.1 Å². The minimum Gasteiger partial charge on any atom is -0.365 e. The maximum Gasteiger partial charge on any atom is 0.150 e. The zero-order valence-corrected chi connectivity index (χ0v) is 10.9. The van der Waals surface area contributed by atoms with Crippen LogP contribution in [-0.2, 0) is 0 Å². The molecule has 4 heteroatoms. The van der Waals surface area contributed by atoms with Gasteiger partial charge in [-0.25, -0.2) is 4.39 Å². The SMILES string of the molecule is CN(C)CC1CCCN1c1ccc(C=O)cc1F. The van der Waals surface area contributed by atoms with Crippen LogP contribution in [0.25, 0.3) is 0 Å². The third-order valence-electron chi connectivity index (χ3n) is 3.37. The highest BCUT2D eigenvalue weighted by molar-refractivity contribution is 5.76. The third kappa shape index (κ3) is 2.70. The monoisotopic (exact) mass is 250 g/mol. The fourth-order valence-electron chi connectivity index (χ4n) is 2.59. The van der Waals surface area contributed by atoms with Crippen LogP contribution in [0, 0.1) is 5.82 Å². The van der Waals surface area contributed by atoms with E-state index < -0.39 is 0 Å². The highest BCUT2D eigenvalue weighted by Gasteiger charge is 2.26. The van der Waals surface area contributed by atoms with Gasteiger partial charge >= 0.3 is 0 Å². The maximum atomic E-state index is 14.0. The maximum absolute atomic E-state index is 14.0. The molecule has 0 spiro atoms. The number of carbonyl (C=O) groups is 1. The van der Waals surface area contributed by atoms with Gasteiger partial charge in [-0.15, -0.1) is 0 Å². The second kappa shape index (κ2) is 5.48. The van der Waals surface area contributed by atoms with Crippen LogP contribution in [0.5, 0.6) is 0 Å². The van der Waals surface area contributed by atoms with Crippen molar-refractivity contribution in [3.05, 3.63) is 29.6 Å². The Labute approximate surface area is 107 Å². The van der Waals surface area contributed by atoms with Crippen LogP contribution in [0.15, 0.2) is 18.2 Å². The van der Waals surface area contributed by atoms with Crippen molar-refractivity contribution < 1.29 is 9.18 Å². The number of nitrogens with zero attached hydrogens (tertiary/aromatic N) is 2. The summed E-state index contributed by atoms with van der Waals surface area (Å²) >= 11 is 0. The normalized spacial score (nSPS) is 19.6. The summed E-state index contributed by atoms with van der Waals surface area (Å²) in [5.74, 6) is -0.301. The van der Waals surface area contributed by atoms with E-state index in [0.717, 1.165) is 25.9 Å². The predicted octanol–water partition coefficient (Wildman–Crippen LogP) is 2.17. The second-order valence-corrected chi connectivity index (χ2v) is 5.08. The van der Waals surface area contributed by atoms with Gasteiger partial charge in [-0.3, -0.25) is 4.79 Å². The van der Waals surface area contributed by atoms with E-state index >= 15 is 0 Å². The fourth-order valence-corrected chi connectivity index (χ4v) is 2.59. The van der Waals surface area contributed by atoms with E-state index in [1.54, 1.807) is 12.1 Å². The van der Waals surface area contributed by atoms with Gasteiger partial charge in [0.2, 0.25) is 0 Å². The first-order valence-electron chi connectivity index (χ1n) is 6.28. The molecule has 1 saturated heterocycles. The van der Waals surface area contributed by atoms with E-state index in [1.165, 1.54) is 6.07 Å². The molecule has 1 atom stereocenters. The van der Waals surface area contributed by atoms with E-state index in [0.29, 0.717) is 23.6 Å². The molecule has 0 amide bonds. The average molecular weight is 250 g/mol. The van der Waals surface area contributed by atoms with Crippen LogP contribution in [-0.4, -0.2) is 44.4 Å². The topological polar surface area (TPSA) is 23.6 Å². The molecule has 0 aliphatic carbocycles. The van der Waals surface area contributed by atoms with Gasteiger partial charge < -0.3 is 9.80 Å². The van der Waals surface area contributed by atoms with Crippen LogP contribution < -0.4 is 4.90 Å². The molecule has 2 rings (SSSR count). The second-order valence-electron chi connectivity index (χ2n) is 5.08. The Balaban J connectivity index is 2.22. The third-order valence-corrected chi connectivity index (χ3v) is 3.37. The first kappa shape index (κ1) is 13.0. The highest BCUT2D eigenvalue weighted by atomic mass is 19.1. The number of carbonyl (C=O) groups excluding carboxylic acids is 1. The Hall–Kier alpha value is -1.42. The Bertz CT molecular complexity index is 434. The molecule has 3 nitrogen and oxygen atoms in total. The summed E-state index contributed by atoms with van der Waals surface area (Å²) in [5.41, 5.74) is 1.00. The summed E-state index contributed by atoms with van der Waals surface area (Å²) in [5, 5.41) is 0. The molecule has 1 heterocycles. The molecule has 1 aliphatic heterocycles. The lowest BCUT2D eigenvalue weighted by molar-refractivity contribution is 0.112. The van der Waals surface area contributed by atoms with Gasteiger partial charge in [0.05, 0.1) is 5.69 Å². The van der Waals surface area contributed by atoms with Crippen LogP contribution in [0.3, 0.4) is 0 Å². The lowest BCUT2D eigenvalue weighted by Gasteiger charge is -2.29. The molecule has 1 aliphatic rings. The van der Waals surface area contributed by atoms with Crippen LogP contribution >= 0.6 is 0 Å². The van der Waals surface area contributed by atoms with Crippen molar-refractivity contribution >= 4 is 12.0 Å².